The molecule has 0 aliphatic rings. The van der Waals surface area contributed by atoms with Gasteiger partial charge in [-0.05, 0) is 36.8 Å². The molecule has 0 unspecified atom stereocenters. The Kier molecular flexibility index (Phi) is 3.72. The molecule has 88 valence electrons. The zero-order valence-corrected chi connectivity index (χ0v) is 10.5. The number of aryl methyl sites for hydroxylation is 1. The number of hydrazone groups is 1. The summed E-state index contributed by atoms with van der Waals surface area (Å²) in [6.07, 6.45) is 1.75. The van der Waals surface area contributed by atoms with Crippen LogP contribution >= 0.6 is 11.3 Å². The van der Waals surface area contributed by atoms with Crippen LogP contribution in [0.4, 0.5) is 5.13 Å². The van der Waals surface area contributed by atoms with Crippen molar-refractivity contribution in [1.82, 2.24) is 4.98 Å². The molecular weight excluding hydrogens is 234 g/mol. The highest BCUT2D eigenvalue weighted by Crippen LogP contribution is 2.14. The van der Waals surface area contributed by atoms with Crippen LogP contribution in [0.25, 0.3) is 0 Å². The van der Waals surface area contributed by atoms with E-state index in [-0.39, 0.29) is 0 Å². The van der Waals surface area contributed by atoms with Gasteiger partial charge in [-0.3, -0.25) is 5.43 Å². The van der Waals surface area contributed by atoms with Gasteiger partial charge in [-0.15, -0.1) is 11.3 Å². The minimum Gasteiger partial charge on any atom is -0.497 e. The number of aromatic nitrogens is 1. The standard InChI is InChI=1S/C12H13N3OS/c1-9-8-17-12(14-9)15-13-7-10-3-5-11(16-2)6-4-10/h3-8H,1-2H3,(H,14,15)/b13-7+. The molecule has 0 atom stereocenters. The number of hydrogen-bond acceptors (Lipinski definition) is 5. The third-order valence-corrected chi connectivity index (χ3v) is 2.97. The average Bonchev–Trinajstić information content (AvgIpc) is 2.76. The smallest absolute Gasteiger partial charge is 0.203 e. The van der Waals surface area contributed by atoms with Crippen molar-refractivity contribution in [2.75, 3.05) is 12.5 Å². The molecule has 17 heavy (non-hydrogen) atoms. The van der Waals surface area contributed by atoms with Crippen LogP contribution in [0.2, 0.25) is 0 Å². The van der Waals surface area contributed by atoms with Gasteiger partial charge in [-0.25, -0.2) is 4.98 Å². The summed E-state index contributed by atoms with van der Waals surface area (Å²) in [5.41, 5.74) is 4.89. The van der Waals surface area contributed by atoms with E-state index in [1.54, 1.807) is 13.3 Å². The van der Waals surface area contributed by atoms with Crippen molar-refractivity contribution in [3.8, 4) is 5.75 Å². The Morgan fingerprint density at radius 3 is 2.71 bits per heavy atom. The van der Waals surface area contributed by atoms with Crippen LogP contribution in [0, 0.1) is 6.92 Å². The lowest BCUT2D eigenvalue weighted by molar-refractivity contribution is 0.415. The molecule has 2 rings (SSSR count). The largest absolute Gasteiger partial charge is 0.497 e. The molecule has 0 aliphatic heterocycles. The van der Waals surface area contributed by atoms with Crippen LogP contribution in [0.5, 0.6) is 5.75 Å². The highest BCUT2D eigenvalue weighted by molar-refractivity contribution is 7.13. The third kappa shape index (κ3) is 3.29. The van der Waals surface area contributed by atoms with Gasteiger partial charge in [0.15, 0.2) is 0 Å². The van der Waals surface area contributed by atoms with E-state index in [4.69, 9.17) is 4.74 Å². The monoisotopic (exact) mass is 247 g/mol. The summed E-state index contributed by atoms with van der Waals surface area (Å²) in [6, 6.07) is 7.68. The SMILES string of the molecule is COc1ccc(/C=N/Nc2nc(C)cs2)cc1. The molecule has 0 fully saturated rings. The summed E-state index contributed by atoms with van der Waals surface area (Å²) in [5.74, 6) is 0.839. The van der Waals surface area contributed by atoms with Gasteiger partial charge in [-0.1, -0.05) is 0 Å². The number of ether oxygens (including phenoxy) is 1. The maximum absolute atomic E-state index is 5.08. The van der Waals surface area contributed by atoms with Gasteiger partial charge in [0.25, 0.3) is 0 Å². The molecule has 0 saturated carbocycles. The lowest BCUT2D eigenvalue weighted by Gasteiger charge is -1.98. The minimum atomic E-state index is 0.798. The van der Waals surface area contributed by atoms with Gasteiger partial charge >= 0.3 is 0 Å². The Morgan fingerprint density at radius 2 is 2.12 bits per heavy atom. The fourth-order valence-electron chi connectivity index (χ4n) is 1.26. The van der Waals surface area contributed by atoms with E-state index in [9.17, 15) is 0 Å². The predicted octanol–water partition coefficient (Wildman–Crippen LogP) is 2.91. The van der Waals surface area contributed by atoms with E-state index < -0.39 is 0 Å². The van der Waals surface area contributed by atoms with Crippen LogP contribution in [-0.2, 0) is 0 Å². The maximum atomic E-state index is 5.08. The number of thiazole rings is 1. The highest BCUT2D eigenvalue weighted by atomic mass is 32.1. The van der Waals surface area contributed by atoms with Crippen molar-refractivity contribution < 1.29 is 4.74 Å². The number of rotatable bonds is 4. The van der Waals surface area contributed by atoms with Crippen LogP contribution in [0.15, 0.2) is 34.7 Å². The third-order valence-electron chi connectivity index (χ3n) is 2.11. The van der Waals surface area contributed by atoms with E-state index in [0.717, 1.165) is 22.1 Å². The zero-order valence-electron chi connectivity index (χ0n) is 9.68. The molecule has 0 bridgehead atoms. The summed E-state index contributed by atoms with van der Waals surface area (Å²) in [4.78, 5) is 4.24. The lowest BCUT2D eigenvalue weighted by atomic mass is 10.2. The van der Waals surface area contributed by atoms with Crippen molar-refractivity contribution in [2.24, 2.45) is 5.10 Å². The van der Waals surface area contributed by atoms with Crippen molar-refractivity contribution in [3.63, 3.8) is 0 Å². The maximum Gasteiger partial charge on any atom is 0.203 e. The number of hydrogen-bond donors (Lipinski definition) is 1. The van der Waals surface area contributed by atoms with E-state index in [0.29, 0.717) is 0 Å². The fourth-order valence-corrected chi connectivity index (χ4v) is 1.89. The van der Waals surface area contributed by atoms with E-state index >= 15 is 0 Å². The Labute approximate surface area is 104 Å². The lowest BCUT2D eigenvalue weighted by Crippen LogP contribution is -1.90. The van der Waals surface area contributed by atoms with Gasteiger partial charge < -0.3 is 4.74 Å². The summed E-state index contributed by atoms with van der Waals surface area (Å²) >= 11 is 1.53. The summed E-state index contributed by atoms with van der Waals surface area (Å²) in [5, 5.41) is 6.89. The van der Waals surface area contributed by atoms with Crippen molar-refractivity contribution in [2.45, 2.75) is 6.92 Å². The number of nitrogens with one attached hydrogen (secondary N) is 1. The summed E-state index contributed by atoms with van der Waals surface area (Å²) in [7, 11) is 1.65. The molecule has 0 amide bonds. The Bertz CT molecular complexity index is 505. The summed E-state index contributed by atoms with van der Waals surface area (Å²) < 4.78 is 5.08. The quantitative estimate of drug-likeness (QED) is 0.667. The first-order valence-electron chi connectivity index (χ1n) is 5.13. The van der Waals surface area contributed by atoms with Gasteiger partial charge in [0.2, 0.25) is 5.13 Å². The van der Waals surface area contributed by atoms with Crippen molar-refractivity contribution in [1.29, 1.82) is 0 Å². The first-order chi connectivity index (χ1) is 8.28. The zero-order chi connectivity index (χ0) is 12.1. The van der Waals surface area contributed by atoms with Gasteiger partial charge in [-0.2, -0.15) is 5.10 Å². The summed E-state index contributed by atoms with van der Waals surface area (Å²) in [6.45, 7) is 1.95. The molecule has 1 N–H and O–H groups in total. The molecule has 0 aliphatic carbocycles. The minimum absolute atomic E-state index is 0.798. The normalized spacial score (nSPS) is 10.7. The topological polar surface area (TPSA) is 46.5 Å². The number of nitrogens with zero attached hydrogens (tertiary/aromatic N) is 2. The molecule has 5 heteroatoms. The van der Waals surface area contributed by atoms with Crippen LogP contribution in [0.3, 0.4) is 0 Å². The first-order valence-corrected chi connectivity index (χ1v) is 6.01. The number of methoxy groups -OCH3 is 1. The van der Waals surface area contributed by atoms with Gasteiger partial charge in [0, 0.05) is 5.38 Å². The molecule has 0 radical (unpaired) electrons. The molecule has 0 spiro atoms. The van der Waals surface area contributed by atoms with Gasteiger partial charge in [0.05, 0.1) is 19.0 Å². The fraction of sp³-hybridized carbons (Fsp3) is 0.167. The molecule has 1 heterocycles. The average molecular weight is 247 g/mol. The van der Waals surface area contributed by atoms with Gasteiger partial charge in [0.1, 0.15) is 5.75 Å². The Balaban J connectivity index is 1.95. The van der Waals surface area contributed by atoms with Crippen LogP contribution in [0.1, 0.15) is 11.3 Å². The van der Waals surface area contributed by atoms with Crippen LogP contribution in [-0.4, -0.2) is 18.3 Å². The predicted molar refractivity (Wildman–Crippen MR) is 71.1 cm³/mol. The second kappa shape index (κ2) is 5.45. The Hall–Kier alpha value is -1.88. The number of benzene rings is 1. The first kappa shape index (κ1) is 11.6. The molecule has 4 nitrogen and oxygen atoms in total. The second-order valence-electron chi connectivity index (χ2n) is 3.44. The van der Waals surface area contributed by atoms with E-state index in [2.05, 4.69) is 15.5 Å². The molecule has 2 aromatic rings. The molecular formula is C12H13N3OS. The molecule has 1 aromatic heterocycles. The highest BCUT2D eigenvalue weighted by Gasteiger charge is 1.94. The second-order valence-corrected chi connectivity index (χ2v) is 4.30. The van der Waals surface area contributed by atoms with Crippen molar-refractivity contribution >= 4 is 22.7 Å². The molecule has 1 aromatic carbocycles. The van der Waals surface area contributed by atoms with E-state index in [1.807, 2.05) is 36.6 Å². The molecule has 0 saturated heterocycles. The Morgan fingerprint density at radius 1 is 1.35 bits per heavy atom. The van der Waals surface area contributed by atoms with E-state index in [1.165, 1.54) is 11.3 Å². The van der Waals surface area contributed by atoms with Crippen molar-refractivity contribution in [3.05, 3.63) is 40.9 Å². The number of anilines is 1. The van der Waals surface area contributed by atoms with Crippen LogP contribution < -0.4 is 10.2 Å².